The lowest BCUT2D eigenvalue weighted by Gasteiger charge is -2.09. The SMILES string of the molecule is CCCCOC(=O)c1nc(Br)c2cc(F)ccc2c1O. The largest absolute Gasteiger partial charge is 0.505 e. The third-order valence-corrected chi connectivity index (χ3v) is 3.42. The first-order valence-electron chi connectivity index (χ1n) is 6.19. The van der Waals surface area contributed by atoms with E-state index < -0.39 is 11.8 Å². The van der Waals surface area contributed by atoms with E-state index in [1.54, 1.807) is 0 Å². The van der Waals surface area contributed by atoms with Crippen molar-refractivity contribution in [2.24, 2.45) is 0 Å². The maximum atomic E-state index is 13.2. The van der Waals surface area contributed by atoms with Crippen LogP contribution in [0.5, 0.6) is 5.75 Å². The topological polar surface area (TPSA) is 59.4 Å². The van der Waals surface area contributed by atoms with Crippen LogP contribution in [-0.2, 0) is 4.74 Å². The van der Waals surface area contributed by atoms with Gasteiger partial charge in [-0.1, -0.05) is 13.3 Å². The van der Waals surface area contributed by atoms with E-state index in [-0.39, 0.29) is 22.7 Å². The van der Waals surface area contributed by atoms with Crippen LogP contribution in [0.4, 0.5) is 4.39 Å². The summed E-state index contributed by atoms with van der Waals surface area (Å²) in [5.74, 6) is -1.44. The smallest absolute Gasteiger partial charge is 0.360 e. The maximum Gasteiger partial charge on any atom is 0.360 e. The minimum absolute atomic E-state index is 0.174. The number of ether oxygens (including phenoxy) is 1. The predicted molar refractivity (Wildman–Crippen MR) is 76.3 cm³/mol. The summed E-state index contributed by atoms with van der Waals surface area (Å²) >= 11 is 3.17. The molecule has 2 aromatic rings. The Labute approximate surface area is 123 Å². The van der Waals surface area contributed by atoms with Crippen LogP contribution in [0.25, 0.3) is 10.8 Å². The summed E-state index contributed by atoms with van der Waals surface area (Å²) in [6, 6.07) is 3.84. The Hall–Kier alpha value is -1.69. The summed E-state index contributed by atoms with van der Waals surface area (Å²) in [5.41, 5.74) is -0.174. The summed E-state index contributed by atoms with van der Waals surface area (Å²) in [5, 5.41) is 10.8. The fraction of sp³-hybridized carbons (Fsp3) is 0.286. The number of nitrogens with zero attached hydrogens (tertiary/aromatic N) is 1. The van der Waals surface area contributed by atoms with E-state index in [0.717, 1.165) is 12.8 Å². The molecule has 0 amide bonds. The first kappa shape index (κ1) is 14.7. The van der Waals surface area contributed by atoms with Gasteiger partial charge < -0.3 is 9.84 Å². The van der Waals surface area contributed by atoms with Crippen LogP contribution in [0, 0.1) is 5.82 Å². The Bertz CT molecular complexity index is 660. The van der Waals surface area contributed by atoms with Crippen molar-refractivity contribution < 1.29 is 19.0 Å². The zero-order valence-electron chi connectivity index (χ0n) is 10.8. The summed E-state index contributed by atoms with van der Waals surface area (Å²) in [7, 11) is 0. The highest BCUT2D eigenvalue weighted by Crippen LogP contribution is 2.32. The number of benzene rings is 1. The second-order valence-electron chi connectivity index (χ2n) is 4.28. The second kappa shape index (κ2) is 6.17. The molecule has 4 nitrogen and oxygen atoms in total. The number of unbranched alkanes of at least 4 members (excludes halogenated alkanes) is 1. The van der Waals surface area contributed by atoms with Gasteiger partial charge in [0.05, 0.1) is 6.61 Å². The minimum atomic E-state index is -0.692. The first-order chi connectivity index (χ1) is 9.54. The lowest BCUT2D eigenvalue weighted by atomic mass is 10.1. The Balaban J connectivity index is 2.42. The number of fused-ring (bicyclic) bond motifs is 1. The molecule has 2 rings (SSSR count). The van der Waals surface area contributed by atoms with Crippen molar-refractivity contribution in [2.75, 3.05) is 6.61 Å². The van der Waals surface area contributed by atoms with Gasteiger partial charge in [0, 0.05) is 10.8 Å². The van der Waals surface area contributed by atoms with Gasteiger partial charge in [-0.05, 0) is 40.5 Å². The molecule has 0 fully saturated rings. The minimum Gasteiger partial charge on any atom is -0.505 e. The molecule has 20 heavy (non-hydrogen) atoms. The second-order valence-corrected chi connectivity index (χ2v) is 5.03. The van der Waals surface area contributed by atoms with E-state index in [2.05, 4.69) is 20.9 Å². The number of esters is 1. The molecule has 0 saturated carbocycles. The zero-order valence-corrected chi connectivity index (χ0v) is 12.4. The molecule has 106 valence electrons. The van der Waals surface area contributed by atoms with Crippen LogP contribution in [0.3, 0.4) is 0 Å². The van der Waals surface area contributed by atoms with Crippen molar-refractivity contribution in [2.45, 2.75) is 19.8 Å². The Kier molecular flexibility index (Phi) is 4.54. The third-order valence-electron chi connectivity index (χ3n) is 2.82. The first-order valence-corrected chi connectivity index (χ1v) is 6.98. The molecular weight excluding hydrogens is 329 g/mol. The highest BCUT2D eigenvalue weighted by Gasteiger charge is 2.19. The average molecular weight is 342 g/mol. The standard InChI is InChI=1S/C14H13BrFNO3/c1-2-3-6-20-14(19)11-12(18)9-5-4-8(16)7-10(9)13(15)17-11/h4-5,7,18H,2-3,6H2,1H3. The molecule has 0 saturated heterocycles. The summed E-state index contributed by atoms with van der Waals surface area (Å²) in [4.78, 5) is 15.8. The van der Waals surface area contributed by atoms with Crippen molar-refractivity contribution in [1.29, 1.82) is 0 Å². The number of halogens is 2. The van der Waals surface area contributed by atoms with Crippen LogP contribution in [-0.4, -0.2) is 22.7 Å². The number of aromatic hydroxyl groups is 1. The molecule has 1 heterocycles. The number of carbonyl (C=O) groups excluding carboxylic acids is 1. The van der Waals surface area contributed by atoms with E-state index in [1.165, 1.54) is 18.2 Å². The van der Waals surface area contributed by atoms with Gasteiger partial charge in [0.1, 0.15) is 10.4 Å². The highest BCUT2D eigenvalue weighted by molar-refractivity contribution is 9.10. The van der Waals surface area contributed by atoms with Gasteiger partial charge in [0.25, 0.3) is 0 Å². The lowest BCUT2D eigenvalue weighted by Crippen LogP contribution is -2.09. The molecule has 1 aromatic heterocycles. The van der Waals surface area contributed by atoms with Gasteiger partial charge in [-0.2, -0.15) is 0 Å². The number of hydrogen-bond donors (Lipinski definition) is 1. The number of aromatic nitrogens is 1. The molecule has 0 spiro atoms. The van der Waals surface area contributed by atoms with E-state index >= 15 is 0 Å². The fourth-order valence-corrected chi connectivity index (χ4v) is 2.26. The molecule has 0 aliphatic carbocycles. The van der Waals surface area contributed by atoms with Crippen LogP contribution in [0.15, 0.2) is 22.8 Å². The van der Waals surface area contributed by atoms with Crippen molar-refractivity contribution in [3.63, 3.8) is 0 Å². The van der Waals surface area contributed by atoms with Crippen molar-refractivity contribution in [3.8, 4) is 5.75 Å². The van der Waals surface area contributed by atoms with Gasteiger partial charge in [-0.3, -0.25) is 0 Å². The maximum absolute atomic E-state index is 13.2. The molecule has 0 radical (unpaired) electrons. The fourth-order valence-electron chi connectivity index (χ4n) is 1.75. The third kappa shape index (κ3) is 2.90. The van der Waals surface area contributed by atoms with Gasteiger partial charge in [-0.15, -0.1) is 0 Å². The molecule has 0 bridgehead atoms. The van der Waals surface area contributed by atoms with Crippen LogP contribution >= 0.6 is 15.9 Å². The lowest BCUT2D eigenvalue weighted by molar-refractivity contribution is 0.0489. The Morgan fingerprint density at radius 2 is 2.20 bits per heavy atom. The van der Waals surface area contributed by atoms with Gasteiger partial charge in [0.2, 0.25) is 0 Å². The molecule has 0 unspecified atom stereocenters. The normalized spacial score (nSPS) is 10.8. The van der Waals surface area contributed by atoms with Crippen LogP contribution in [0.1, 0.15) is 30.3 Å². The number of rotatable bonds is 4. The van der Waals surface area contributed by atoms with Crippen molar-refractivity contribution in [1.82, 2.24) is 4.98 Å². The Morgan fingerprint density at radius 1 is 1.45 bits per heavy atom. The molecule has 6 heteroatoms. The van der Waals surface area contributed by atoms with E-state index in [9.17, 15) is 14.3 Å². The van der Waals surface area contributed by atoms with Crippen LogP contribution in [0.2, 0.25) is 0 Å². The molecule has 0 aliphatic rings. The number of hydrogen-bond acceptors (Lipinski definition) is 4. The van der Waals surface area contributed by atoms with Crippen LogP contribution < -0.4 is 0 Å². The Morgan fingerprint density at radius 3 is 2.90 bits per heavy atom. The molecular formula is C14H13BrFNO3. The predicted octanol–water partition coefficient (Wildman–Crippen LogP) is 3.80. The van der Waals surface area contributed by atoms with Gasteiger partial charge >= 0.3 is 5.97 Å². The van der Waals surface area contributed by atoms with Crippen molar-refractivity contribution >= 4 is 32.7 Å². The highest BCUT2D eigenvalue weighted by atomic mass is 79.9. The van der Waals surface area contributed by atoms with Crippen molar-refractivity contribution in [3.05, 3.63) is 34.3 Å². The van der Waals surface area contributed by atoms with E-state index in [0.29, 0.717) is 10.8 Å². The van der Waals surface area contributed by atoms with Gasteiger partial charge in [-0.25, -0.2) is 14.2 Å². The summed E-state index contributed by atoms with van der Waals surface area (Å²) in [6.07, 6.45) is 1.64. The summed E-state index contributed by atoms with van der Waals surface area (Å²) < 4.78 is 18.5. The quantitative estimate of drug-likeness (QED) is 0.522. The molecule has 0 aliphatic heterocycles. The molecule has 0 atom stereocenters. The zero-order chi connectivity index (χ0) is 14.7. The van der Waals surface area contributed by atoms with Gasteiger partial charge in [0.15, 0.2) is 11.4 Å². The monoisotopic (exact) mass is 341 g/mol. The summed E-state index contributed by atoms with van der Waals surface area (Å²) in [6.45, 7) is 2.25. The number of carbonyl (C=O) groups is 1. The average Bonchev–Trinajstić information content (AvgIpc) is 2.42. The van der Waals surface area contributed by atoms with E-state index in [1.807, 2.05) is 6.92 Å². The number of pyridine rings is 1. The molecule has 1 N–H and O–H groups in total. The molecule has 1 aromatic carbocycles. The van der Waals surface area contributed by atoms with E-state index in [4.69, 9.17) is 4.74 Å².